The van der Waals surface area contributed by atoms with Crippen LogP contribution in [-0.2, 0) is 19.2 Å². The first-order valence-corrected chi connectivity index (χ1v) is 15.0. The second-order valence-corrected chi connectivity index (χ2v) is 10.7. The van der Waals surface area contributed by atoms with E-state index in [-0.39, 0.29) is 21.4 Å². The first-order valence-electron chi connectivity index (χ1n) is 14.2. The molecule has 0 heterocycles. The van der Waals surface area contributed by atoms with E-state index in [1.807, 2.05) is 18.2 Å². The van der Waals surface area contributed by atoms with Crippen molar-refractivity contribution in [3.05, 3.63) is 132 Å². The lowest BCUT2D eigenvalue weighted by atomic mass is 10.0. The van der Waals surface area contributed by atoms with E-state index in [4.69, 9.17) is 23.2 Å². The summed E-state index contributed by atoms with van der Waals surface area (Å²) in [5, 5.41) is 21.8. The summed E-state index contributed by atoms with van der Waals surface area (Å²) in [6.45, 7) is 9.69. The SMILES string of the molecule is C=C/C=C\C(=C/C=C)NC(=O)C(/N=N\c1ccc(-c2ccc(N=NC(C(C)=O)C(=O)NC3=CCC=CC=C3)c(Cl)c2)cc1Cl)C(C)=O. The molecule has 3 rings (SSSR count). The van der Waals surface area contributed by atoms with Gasteiger partial charge in [0.25, 0.3) is 11.8 Å². The van der Waals surface area contributed by atoms with Crippen LogP contribution in [0.4, 0.5) is 11.4 Å². The maximum atomic E-state index is 12.8. The van der Waals surface area contributed by atoms with Gasteiger partial charge in [0.2, 0.25) is 12.1 Å². The molecule has 1 aliphatic rings. The van der Waals surface area contributed by atoms with Crippen LogP contribution in [0.5, 0.6) is 0 Å². The number of carbonyl (C=O) groups is 4. The molecule has 2 amide bonds. The Labute approximate surface area is 282 Å². The van der Waals surface area contributed by atoms with Crippen molar-refractivity contribution in [3.8, 4) is 11.1 Å². The number of nitrogens with one attached hydrogen (secondary N) is 2. The molecule has 2 N–H and O–H groups in total. The number of allylic oxidation sites excluding steroid dienone is 10. The zero-order valence-electron chi connectivity index (χ0n) is 25.7. The van der Waals surface area contributed by atoms with Crippen molar-refractivity contribution in [2.75, 3.05) is 0 Å². The van der Waals surface area contributed by atoms with Crippen molar-refractivity contribution < 1.29 is 19.2 Å². The van der Waals surface area contributed by atoms with E-state index in [9.17, 15) is 19.2 Å². The van der Waals surface area contributed by atoms with Crippen molar-refractivity contribution in [3.63, 3.8) is 0 Å². The maximum Gasteiger partial charge on any atom is 0.258 e. The lowest BCUT2D eigenvalue weighted by Crippen LogP contribution is -2.36. The lowest BCUT2D eigenvalue weighted by molar-refractivity contribution is -0.130. The van der Waals surface area contributed by atoms with Gasteiger partial charge in [-0.05, 0) is 73.9 Å². The number of carbonyl (C=O) groups excluding carboxylic acids is 4. The normalized spacial score (nSPS) is 14.5. The van der Waals surface area contributed by atoms with E-state index in [2.05, 4.69) is 44.2 Å². The molecule has 12 heteroatoms. The van der Waals surface area contributed by atoms with Crippen LogP contribution in [0.2, 0.25) is 10.0 Å². The summed E-state index contributed by atoms with van der Waals surface area (Å²) in [4.78, 5) is 49.9. The minimum atomic E-state index is -1.41. The van der Waals surface area contributed by atoms with Gasteiger partial charge in [-0.3, -0.25) is 19.2 Å². The Kier molecular flexibility index (Phi) is 13.8. The molecule has 0 bridgehead atoms. The summed E-state index contributed by atoms with van der Waals surface area (Å²) in [6.07, 6.45) is 17.5. The summed E-state index contributed by atoms with van der Waals surface area (Å²) in [5.74, 6) is -2.28. The Morgan fingerprint density at radius 2 is 1.40 bits per heavy atom. The Hall–Kier alpha value is -5.32. The summed E-state index contributed by atoms with van der Waals surface area (Å²) in [7, 11) is 0. The Balaban J connectivity index is 1.75. The van der Waals surface area contributed by atoms with Gasteiger partial charge in [0, 0.05) is 11.4 Å². The molecule has 0 aromatic heterocycles. The molecule has 47 heavy (non-hydrogen) atoms. The van der Waals surface area contributed by atoms with Gasteiger partial charge in [-0.2, -0.15) is 20.5 Å². The zero-order chi connectivity index (χ0) is 34.3. The largest absolute Gasteiger partial charge is 0.324 e. The first-order chi connectivity index (χ1) is 22.5. The van der Waals surface area contributed by atoms with Gasteiger partial charge < -0.3 is 10.6 Å². The number of amides is 2. The number of rotatable bonds is 14. The number of nitrogens with zero attached hydrogens (tertiary/aromatic N) is 4. The monoisotopic (exact) mass is 670 g/mol. The van der Waals surface area contributed by atoms with Gasteiger partial charge in [-0.25, -0.2) is 0 Å². The molecular formula is C35H32Cl2N6O4. The second-order valence-electron chi connectivity index (χ2n) is 9.90. The van der Waals surface area contributed by atoms with E-state index in [1.165, 1.54) is 26.0 Å². The van der Waals surface area contributed by atoms with Crippen LogP contribution in [0.15, 0.2) is 142 Å². The molecule has 2 atom stereocenters. The first kappa shape index (κ1) is 36.2. The number of Topliss-reactive ketones (excluding diaryl/α,β-unsaturated/α-hetero) is 2. The number of hydrogen-bond donors (Lipinski definition) is 2. The third kappa shape index (κ3) is 10.9. The highest BCUT2D eigenvalue weighted by molar-refractivity contribution is 6.34. The number of benzene rings is 2. The minimum Gasteiger partial charge on any atom is -0.324 e. The van der Waals surface area contributed by atoms with Crippen molar-refractivity contribution in [2.45, 2.75) is 32.4 Å². The third-order valence-corrected chi connectivity index (χ3v) is 6.90. The third-order valence-electron chi connectivity index (χ3n) is 6.30. The topological polar surface area (TPSA) is 142 Å². The van der Waals surface area contributed by atoms with Gasteiger partial charge in [0.1, 0.15) is 11.4 Å². The summed E-state index contributed by atoms with van der Waals surface area (Å²) in [6, 6.07) is 7.09. The highest BCUT2D eigenvalue weighted by Gasteiger charge is 2.24. The van der Waals surface area contributed by atoms with Gasteiger partial charge in [-0.15, -0.1) is 0 Å². The molecule has 0 spiro atoms. The maximum absolute atomic E-state index is 12.8. The summed E-state index contributed by atoms with van der Waals surface area (Å²) in [5.41, 5.74) is 2.79. The molecule has 240 valence electrons. The molecule has 10 nitrogen and oxygen atoms in total. The molecule has 0 fully saturated rings. The number of halogens is 2. The molecule has 0 aliphatic heterocycles. The van der Waals surface area contributed by atoms with E-state index in [1.54, 1.807) is 66.8 Å². The van der Waals surface area contributed by atoms with Crippen molar-refractivity contribution in [2.24, 2.45) is 20.5 Å². The summed E-state index contributed by atoms with van der Waals surface area (Å²) >= 11 is 12.9. The van der Waals surface area contributed by atoms with E-state index in [0.29, 0.717) is 28.9 Å². The molecule has 1 aliphatic carbocycles. The fraction of sp³-hybridized carbons (Fsp3) is 0.143. The van der Waals surface area contributed by atoms with Crippen LogP contribution in [0, 0.1) is 0 Å². The van der Waals surface area contributed by atoms with E-state index >= 15 is 0 Å². The molecule has 2 unspecified atom stereocenters. The average molecular weight is 672 g/mol. The van der Waals surface area contributed by atoms with Crippen LogP contribution in [0.3, 0.4) is 0 Å². The average Bonchev–Trinajstić information content (AvgIpc) is 3.29. The fourth-order valence-electron chi connectivity index (χ4n) is 3.94. The van der Waals surface area contributed by atoms with Crippen LogP contribution in [-0.4, -0.2) is 35.5 Å². The predicted octanol–water partition coefficient (Wildman–Crippen LogP) is 8.19. The minimum absolute atomic E-state index is 0.208. The molecule has 0 saturated carbocycles. The Morgan fingerprint density at radius 3 is 1.91 bits per heavy atom. The van der Waals surface area contributed by atoms with Crippen LogP contribution in [0.25, 0.3) is 11.1 Å². The molecule has 2 aromatic carbocycles. The van der Waals surface area contributed by atoms with E-state index < -0.39 is 35.5 Å². The highest BCUT2D eigenvalue weighted by atomic mass is 35.5. The second kappa shape index (κ2) is 18.0. The Bertz CT molecular complexity index is 1790. The van der Waals surface area contributed by atoms with Crippen LogP contribution < -0.4 is 10.6 Å². The highest BCUT2D eigenvalue weighted by Crippen LogP contribution is 2.35. The van der Waals surface area contributed by atoms with E-state index in [0.717, 1.165) is 0 Å². The van der Waals surface area contributed by atoms with Gasteiger partial charge in [0.15, 0.2) is 11.6 Å². The van der Waals surface area contributed by atoms with Crippen molar-refractivity contribution in [1.82, 2.24) is 10.6 Å². The van der Waals surface area contributed by atoms with Crippen LogP contribution >= 0.6 is 23.2 Å². The summed E-state index contributed by atoms with van der Waals surface area (Å²) < 4.78 is 0. The zero-order valence-corrected chi connectivity index (χ0v) is 27.2. The van der Waals surface area contributed by atoms with Crippen molar-refractivity contribution in [1.29, 1.82) is 0 Å². The molecule has 2 aromatic rings. The van der Waals surface area contributed by atoms with Gasteiger partial charge >= 0.3 is 0 Å². The van der Waals surface area contributed by atoms with Gasteiger partial charge in [-0.1, -0.05) is 91.0 Å². The van der Waals surface area contributed by atoms with Gasteiger partial charge in [0.05, 0.1) is 10.0 Å². The number of ketones is 2. The predicted molar refractivity (Wildman–Crippen MR) is 185 cm³/mol. The molecule has 0 saturated heterocycles. The smallest absolute Gasteiger partial charge is 0.258 e. The van der Waals surface area contributed by atoms with Crippen LogP contribution in [0.1, 0.15) is 20.3 Å². The van der Waals surface area contributed by atoms with Crippen molar-refractivity contribution >= 4 is 58.0 Å². The lowest BCUT2D eigenvalue weighted by Gasteiger charge is -2.11. The number of azo groups is 2. The molecule has 0 radical (unpaired) electrons. The Morgan fingerprint density at radius 1 is 0.830 bits per heavy atom. The molecular weight excluding hydrogens is 639 g/mol. The fourth-order valence-corrected chi connectivity index (χ4v) is 4.38. The quantitative estimate of drug-likeness (QED) is 0.119. The standard InChI is InChI=1S/C35H32Cl2N6O4/c1-5-7-13-26(12-6-2)38-34(46)32(22(3)44)42-40-30-18-16-24(20-28(30)36)25-17-19-31(29(37)21-25)41-43-33(23(4)45)35(47)39-27-14-10-8-9-11-15-27/h5-10,12-21,32-33H,1-2,11H2,3-4H3,(H,38,46)(H,39,47)/b13-7-,26-12+,42-40-,43-41?. The number of hydrogen-bond acceptors (Lipinski definition) is 8.